The van der Waals surface area contributed by atoms with Crippen molar-refractivity contribution in [3.8, 4) is 0 Å². The summed E-state index contributed by atoms with van der Waals surface area (Å²) in [5.41, 5.74) is 4.94. The molecule has 0 aromatic rings. The van der Waals surface area contributed by atoms with Gasteiger partial charge in [-0.3, -0.25) is 9.59 Å². The third kappa shape index (κ3) is 3.63. The van der Waals surface area contributed by atoms with Gasteiger partial charge in [0.15, 0.2) is 0 Å². The summed E-state index contributed by atoms with van der Waals surface area (Å²) in [7, 11) is 3.15. The van der Waals surface area contributed by atoms with Crippen LogP contribution in [0.3, 0.4) is 0 Å². The largest absolute Gasteiger partial charge is 0.392 e. The maximum atomic E-state index is 12.3. The van der Waals surface area contributed by atoms with Crippen LogP contribution in [0.4, 0.5) is 0 Å². The number of nitrogens with one attached hydrogen (secondary N) is 1. The molecule has 7 heteroatoms. The van der Waals surface area contributed by atoms with Crippen LogP contribution in [-0.2, 0) is 14.3 Å². The Morgan fingerprint density at radius 1 is 1.47 bits per heavy atom. The molecule has 0 heterocycles. The Balaban J connectivity index is 2.48. The highest BCUT2D eigenvalue weighted by Crippen LogP contribution is 2.42. The fourth-order valence-electron chi connectivity index (χ4n) is 2.10. The Morgan fingerprint density at radius 2 is 2.11 bits per heavy atom. The molecular weight excluding hydrogens is 266 g/mol. The molecule has 1 aliphatic rings. The molecule has 0 aliphatic heterocycles. The van der Waals surface area contributed by atoms with Crippen LogP contribution in [0, 0.1) is 5.41 Å². The first-order valence-corrected chi connectivity index (χ1v) is 6.66. The lowest BCUT2D eigenvalue weighted by molar-refractivity contribution is -0.143. The number of methoxy groups -OCH3 is 1. The SMILES string of the molecule is COCCNC(=O)CN(C)C(=O)C1(C(N)=S)CCC1. The van der Waals surface area contributed by atoms with Crippen molar-refractivity contribution in [2.75, 3.05) is 33.9 Å². The zero-order valence-electron chi connectivity index (χ0n) is 11.4. The van der Waals surface area contributed by atoms with Gasteiger partial charge in [-0.05, 0) is 12.8 Å². The van der Waals surface area contributed by atoms with Gasteiger partial charge in [-0.1, -0.05) is 18.6 Å². The number of thiocarbonyl (C=S) groups is 1. The lowest BCUT2D eigenvalue weighted by Crippen LogP contribution is -2.55. The van der Waals surface area contributed by atoms with Gasteiger partial charge in [-0.25, -0.2) is 0 Å². The summed E-state index contributed by atoms with van der Waals surface area (Å²) in [4.78, 5) is 25.5. The second-order valence-electron chi connectivity index (χ2n) is 4.80. The van der Waals surface area contributed by atoms with E-state index in [1.165, 1.54) is 4.90 Å². The molecule has 0 aromatic heterocycles. The molecule has 1 saturated carbocycles. The number of likely N-dealkylation sites (N-methyl/N-ethyl adjacent to an activating group) is 1. The van der Waals surface area contributed by atoms with Crippen molar-refractivity contribution in [2.45, 2.75) is 19.3 Å². The smallest absolute Gasteiger partial charge is 0.239 e. The minimum Gasteiger partial charge on any atom is -0.392 e. The van der Waals surface area contributed by atoms with Crippen LogP contribution >= 0.6 is 12.2 Å². The number of carbonyl (C=O) groups is 2. The van der Waals surface area contributed by atoms with Crippen molar-refractivity contribution >= 4 is 29.0 Å². The highest BCUT2D eigenvalue weighted by Gasteiger charge is 2.48. The van der Waals surface area contributed by atoms with Gasteiger partial charge in [-0.15, -0.1) is 0 Å². The van der Waals surface area contributed by atoms with E-state index in [2.05, 4.69) is 5.32 Å². The first kappa shape index (κ1) is 15.8. The fraction of sp³-hybridized carbons (Fsp3) is 0.750. The van der Waals surface area contributed by atoms with Gasteiger partial charge >= 0.3 is 0 Å². The molecular formula is C12H21N3O3S. The van der Waals surface area contributed by atoms with E-state index in [0.717, 1.165) is 6.42 Å². The quantitative estimate of drug-likeness (QED) is 0.494. The molecule has 19 heavy (non-hydrogen) atoms. The van der Waals surface area contributed by atoms with Gasteiger partial charge in [0.05, 0.1) is 23.6 Å². The molecule has 1 rings (SSSR count). The number of rotatable bonds is 7. The van der Waals surface area contributed by atoms with Gasteiger partial charge in [-0.2, -0.15) is 0 Å². The van der Waals surface area contributed by atoms with Crippen molar-refractivity contribution in [2.24, 2.45) is 11.1 Å². The lowest BCUT2D eigenvalue weighted by atomic mass is 9.67. The van der Waals surface area contributed by atoms with Gasteiger partial charge in [0.2, 0.25) is 11.8 Å². The molecule has 1 fully saturated rings. The van der Waals surface area contributed by atoms with Crippen LogP contribution in [0.2, 0.25) is 0 Å². The van der Waals surface area contributed by atoms with E-state index < -0.39 is 5.41 Å². The highest BCUT2D eigenvalue weighted by atomic mass is 32.1. The summed E-state index contributed by atoms with van der Waals surface area (Å²) in [6, 6.07) is 0. The van der Waals surface area contributed by atoms with Crippen LogP contribution in [0.25, 0.3) is 0 Å². The Kier molecular flexibility index (Phi) is 5.68. The Labute approximate surface area is 118 Å². The normalized spacial score (nSPS) is 16.3. The standard InChI is InChI=1S/C12H21N3O3S/c1-15(8-9(16)14-6-7-18-2)11(17)12(10(13)19)4-3-5-12/h3-8H2,1-2H3,(H2,13,19)(H,14,16). The first-order valence-electron chi connectivity index (χ1n) is 6.25. The summed E-state index contributed by atoms with van der Waals surface area (Å²) < 4.78 is 4.83. The number of nitrogens with two attached hydrogens (primary N) is 1. The van der Waals surface area contributed by atoms with E-state index in [-0.39, 0.29) is 23.3 Å². The van der Waals surface area contributed by atoms with Crippen molar-refractivity contribution in [3.05, 3.63) is 0 Å². The van der Waals surface area contributed by atoms with Crippen molar-refractivity contribution in [1.29, 1.82) is 0 Å². The molecule has 3 N–H and O–H groups in total. The maximum Gasteiger partial charge on any atom is 0.239 e. The summed E-state index contributed by atoms with van der Waals surface area (Å²) >= 11 is 4.99. The minimum absolute atomic E-state index is 0.00686. The van der Waals surface area contributed by atoms with Gasteiger partial charge < -0.3 is 20.7 Å². The van der Waals surface area contributed by atoms with Crippen molar-refractivity contribution < 1.29 is 14.3 Å². The second-order valence-corrected chi connectivity index (χ2v) is 5.24. The molecule has 2 amide bonds. The monoisotopic (exact) mass is 287 g/mol. The number of ether oxygens (including phenoxy) is 1. The van der Waals surface area contributed by atoms with Crippen molar-refractivity contribution in [3.63, 3.8) is 0 Å². The van der Waals surface area contributed by atoms with Crippen LogP contribution in [-0.4, -0.2) is 55.6 Å². The summed E-state index contributed by atoms with van der Waals surface area (Å²) in [6.45, 7) is 0.880. The van der Waals surface area contributed by atoms with E-state index in [0.29, 0.717) is 26.0 Å². The van der Waals surface area contributed by atoms with E-state index in [1.54, 1.807) is 14.2 Å². The topological polar surface area (TPSA) is 84.7 Å². The van der Waals surface area contributed by atoms with E-state index in [1.807, 2.05) is 0 Å². The number of hydrogen-bond donors (Lipinski definition) is 2. The molecule has 1 aliphatic carbocycles. The lowest BCUT2D eigenvalue weighted by Gasteiger charge is -2.41. The predicted molar refractivity (Wildman–Crippen MR) is 75.6 cm³/mol. The van der Waals surface area contributed by atoms with E-state index >= 15 is 0 Å². The minimum atomic E-state index is -0.725. The van der Waals surface area contributed by atoms with Crippen LogP contribution < -0.4 is 11.1 Å². The molecule has 0 saturated heterocycles. The summed E-state index contributed by atoms with van der Waals surface area (Å²) in [6.07, 6.45) is 2.30. The molecule has 0 radical (unpaired) electrons. The number of carbonyl (C=O) groups excluding carboxylic acids is 2. The highest BCUT2D eigenvalue weighted by molar-refractivity contribution is 7.80. The van der Waals surface area contributed by atoms with Crippen LogP contribution in [0.5, 0.6) is 0 Å². The number of nitrogens with zero attached hydrogens (tertiary/aromatic N) is 1. The zero-order valence-corrected chi connectivity index (χ0v) is 12.2. The molecule has 6 nitrogen and oxygen atoms in total. The van der Waals surface area contributed by atoms with Crippen LogP contribution in [0.15, 0.2) is 0 Å². The van der Waals surface area contributed by atoms with E-state index in [9.17, 15) is 9.59 Å². The Bertz CT molecular complexity index is 369. The third-order valence-corrected chi connectivity index (χ3v) is 3.83. The van der Waals surface area contributed by atoms with Gasteiger partial charge in [0.1, 0.15) is 0 Å². The molecule has 0 atom stereocenters. The third-order valence-electron chi connectivity index (χ3n) is 3.44. The Hall–Kier alpha value is -1.21. The van der Waals surface area contributed by atoms with Crippen LogP contribution in [0.1, 0.15) is 19.3 Å². The predicted octanol–water partition coefficient (Wildman–Crippen LogP) is -0.336. The average Bonchev–Trinajstić information content (AvgIpc) is 2.26. The maximum absolute atomic E-state index is 12.3. The summed E-state index contributed by atoms with van der Waals surface area (Å²) in [5, 5.41) is 2.66. The number of hydrogen-bond acceptors (Lipinski definition) is 4. The van der Waals surface area contributed by atoms with Crippen molar-refractivity contribution in [1.82, 2.24) is 10.2 Å². The zero-order chi connectivity index (χ0) is 14.5. The molecule has 108 valence electrons. The Morgan fingerprint density at radius 3 is 2.53 bits per heavy atom. The van der Waals surface area contributed by atoms with Gasteiger partial charge in [0, 0.05) is 20.7 Å². The van der Waals surface area contributed by atoms with Gasteiger partial charge in [0.25, 0.3) is 0 Å². The second kappa shape index (κ2) is 6.81. The first-order chi connectivity index (χ1) is 8.94. The summed E-state index contributed by atoms with van der Waals surface area (Å²) in [5.74, 6) is -0.376. The van der Waals surface area contributed by atoms with E-state index in [4.69, 9.17) is 22.7 Å². The molecule has 0 aromatic carbocycles. The molecule has 0 bridgehead atoms. The number of amides is 2. The average molecular weight is 287 g/mol. The molecule has 0 unspecified atom stereocenters. The molecule has 0 spiro atoms. The fourth-order valence-corrected chi connectivity index (χ4v) is 2.39.